The van der Waals surface area contributed by atoms with Gasteiger partial charge in [-0.25, -0.2) is 0 Å². The molecule has 2 N–H and O–H groups in total. The van der Waals surface area contributed by atoms with Crippen molar-refractivity contribution in [2.45, 2.75) is 76.2 Å². The van der Waals surface area contributed by atoms with E-state index in [1.54, 1.807) is 5.57 Å². The summed E-state index contributed by atoms with van der Waals surface area (Å²) in [4.78, 5) is 16.4. The fraction of sp³-hybridized carbons (Fsp3) is 0.500. The zero-order chi connectivity index (χ0) is 24.9. The second-order valence-corrected chi connectivity index (χ2v) is 11.8. The van der Waals surface area contributed by atoms with Crippen LogP contribution in [0.25, 0.3) is 11.1 Å². The summed E-state index contributed by atoms with van der Waals surface area (Å²) in [6, 6.07) is 13.1. The summed E-state index contributed by atoms with van der Waals surface area (Å²) in [5.74, 6) is 1.42. The molecule has 0 spiro atoms. The van der Waals surface area contributed by atoms with Gasteiger partial charge in [-0.15, -0.1) is 0 Å². The normalized spacial score (nSPS) is 33.6. The van der Waals surface area contributed by atoms with Crippen LogP contribution >= 0.6 is 0 Å². The molecular formula is C32H37NO3. The van der Waals surface area contributed by atoms with E-state index >= 15 is 0 Å². The van der Waals surface area contributed by atoms with E-state index in [1.165, 1.54) is 22.3 Å². The SMILES string of the molecule is C[C@@]12C[C@H](c3ccc(-c4ccncc4)cc3)C3=C4CCC(=O)C=C4CC[C@H]3[C@@H]1CC[C@@]2(O)CCCO. The fourth-order valence-electron chi connectivity index (χ4n) is 8.29. The molecule has 0 radical (unpaired) electrons. The number of allylic oxidation sites excluding steroid dienone is 4. The largest absolute Gasteiger partial charge is 0.396 e. The van der Waals surface area contributed by atoms with Gasteiger partial charge < -0.3 is 10.2 Å². The topological polar surface area (TPSA) is 70.4 Å². The Hall–Kier alpha value is -2.56. The molecule has 1 aromatic carbocycles. The zero-order valence-electron chi connectivity index (χ0n) is 21.2. The van der Waals surface area contributed by atoms with Crippen LogP contribution in [0.1, 0.15) is 76.2 Å². The minimum atomic E-state index is -0.732. The minimum Gasteiger partial charge on any atom is -0.396 e. The fourth-order valence-corrected chi connectivity index (χ4v) is 8.29. The van der Waals surface area contributed by atoms with Gasteiger partial charge in [0, 0.05) is 36.8 Å². The predicted molar refractivity (Wildman–Crippen MR) is 141 cm³/mol. The smallest absolute Gasteiger partial charge is 0.156 e. The zero-order valence-corrected chi connectivity index (χ0v) is 21.2. The van der Waals surface area contributed by atoms with Crippen molar-refractivity contribution in [3.05, 3.63) is 77.2 Å². The molecular weight excluding hydrogens is 446 g/mol. The molecule has 0 bridgehead atoms. The molecule has 188 valence electrons. The monoisotopic (exact) mass is 483 g/mol. The summed E-state index contributed by atoms with van der Waals surface area (Å²) in [5, 5.41) is 21.6. The molecule has 4 aliphatic carbocycles. The Kier molecular flexibility index (Phi) is 6.00. The van der Waals surface area contributed by atoms with Crippen LogP contribution in [0.4, 0.5) is 0 Å². The van der Waals surface area contributed by atoms with Crippen LogP contribution in [-0.2, 0) is 4.79 Å². The Morgan fingerprint density at radius 3 is 2.50 bits per heavy atom. The van der Waals surface area contributed by atoms with Gasteiger partial charge in [-0.3, -0.25) is 9.78 Å². The molecule has 0 unspecified atom stereocenters. The van der Waals surface area contributed by atoms with E-state index in [9.17, 15) is 15.0 Å². The van der Waals surface area contributed by atoms with E-state index in [4.69, 9.17) is 0 Å². The summed E-state index contributed by atoms with van der Waals surface area (Å²) >= 11 is 0. The van der Waals surface area contributed by atoms with Crippen LogP contribution in [0.5, 0.6) is 0 Å². The minimum absolute atomic E-state index is 0.129. The summed E-state index contributed by atoms with van der Waals surface area (Å²) in [7, 11) is 0. The lowest BCUT2D eigenvalue weighted by Crippen LogP contribution is -2.51. The van der Waals surface area contributed by atoms with Crippen molar-refractivity contribution in [3.63, 3.8) is 0 Å². The molecule has 2 saturated carbocycles. The van der Waals surface area contributed by atoms with E-state index < -0.39 is 5.60 Å². The first-order valence-electron chi connectivity index (χ1n) is 13.7. The van der Waals surface area contributed by atoms with Crippen molar-refractivity contribution in [2.75, 3.05) is 6.61 Å². The van der Waals surface area contributed by atoms with Gasteiger partial charge in [-0.2, -0.15) is 0 Å². The highest BCUT2D eigenvalue weighted by atomic mass is 16.3. The van der Waals surface area contributed by atoms with E-state index in [1.807, 2.05) is 30.6 Å². The number of fused-ring (bicyclic) bond motifs is 4. The maximum atomic E-state index is 12.3. The number of aromatic nitrogens is 1. The third-order valence-electron chi connectivity index (χ3n) is 10.1. The van der Waals surface area contributed by atoms with Crippen molar-refractivity contribution >= 4 is 5.78 Å². The van der Waals surface area contributed by atoms with Gasteiger partial charge >= 0.3 is 0 Å². The maximum Gasteiger partial charge on any atom is 0.156 e. The molecule has 0 aliphatic heterocycles. The molecule has 4 heteroatoms. The molecule has 2 fully saturated rings. The average Bonchev–Trinajstić information content (AvgIpc) is 3.17. The van der Waals surface area contributed by atoms with Crippen LogP contribution in [0.15, 0.2) is 71.6 Å². The number of carbonyl (C=O) groups excluding carboxylic acids is 1. The first-order chi connectivity index (χ1) is 17.4. The Labute approximate surface area is 214 Å². The number of aliphatic hydroxyl groups is 2. The third kappa shape index (κ3) is 3.72. The number of nitrogens with zero attached hydrogens (tertiary/aromatic N) is 1. The Balaban J connectivity index is 1.45. The summed E-state index contributed by atoms with van der Waals surface area (Å²) in [6.07, 6.45) is 13.2. The summed E-state index contributed by atoms with van der Waals surface area (Å²) < 4.78 is 0. The summed E-state index contributed by atoms with van der Waals surface area (Å²) in [6.45, 7) is 2.46. The standard InChI is InChI=1S/C32H37NO3/c1-31-20-28(23-5-3-21(4-6-23)22-12-16-33-17-13-22)30-26-10-8-25(35)19-24(26)7-9-27(30)29(31)11-15-32(31,36)14-2-18-34/h3-6,12-13,16-17,19,27-29,34,36H,2,7-11,14-15,18,20H2,1H3/t27-,28+,29-,31+,32-/m0/s1. The van der Waals surface area contributed by atoms with Gasteiger partial charge in [0.1, 0.15) is 0 Å². The van der Waals surface area contributed by atoms with E-state index in [-0.39, 0.29) is 23.7 Å². The van der Waals surface area contributed by atoms with Gasteiger partial charge in [-0.1, -0.05) is 36.8 Å². The molecule has 5 atom stereocenters. The van der Waals surface area contributed by atoms with E-state index in [2.05, 4.69) is 36.2 Å². The second-order valence-electron chi connectivity index (χ2n) is 11.8. The third-order valence-corrected chi connectivity index (χ3v) is 10.1. The summed E-state index contributed by atoms with van der Waals surface area (Å²) in [5.41, 5.74) is 7.02. The highest BCUT2D eigenvalue weighted by Crippen LogP contribution is 2.67. The lowest BCUT2D eigenvalue weighted by atomic mass is 9.51. The quantitative estimate of drug-likeness (QED) is 0.535. The number of ketones is 1. The Morgan fingerprint density at radius 1 is 1.00 bits per heavy atom. The lowest BCUT2D eigenvalue weighted by Gasteiger charge is -2.55. The Bertz CT molecular complexity index is 1210. The van der Waals surface area contributed by atoms with E-state index in [0.29, 0.717) is 31.1 Å². The molecule has 6 rings (SSSR count). The molecule has 1 heterocycles. The van der Waals surface area contributed by atoms with E-state index in [0.717, 1.165) is 44.1 Å². The van der Waals surface area contributed by atoms with Crippen LogP contribution in [0, 0.1) is 17.3 Å². The second kappa shape index (κ2) is 9.08. The van der Waals surface area contributed by atoms with Crippen molar-refractivity contribution in [1.29, 1.82) is 0 Å². The van der Waals surface area contributed by atoms with Crippen LogP contribution in [0.2, 0.25) is 0 Å². The lowest BCUT2D eigenvalue weighted by molar-refractivity contribution is -0.114. The molecule has 2 aromatic rings. The van der Waals surface area contributed by atoms with Gasteiger partial charge in [-0.05, 0) is 109 Å². The molecule has 0 saturated heterocycles. The van der Waals surface area contributed by atoms with Gasteiger partial charge in [0.2, 0.25) is 0 Å². The van der Waals surface area contributed by atoms with Crippen LogP contribution in [-0.4, -0.2) is 33.2 Å². The van der Waals surface area contributed by atoms with Crippen molar-refractivity contribution in [1.82, 2.24) is 4.98 Å². The number of aliphatic hydroxyl groups excluding tert-OH is 1. The van der Waals surface area contributed by atoms with Crippen molar-refractivity contribution in [3.8, 4) is 11.1 Å². The van der Waals surface area contributed by atoms with Crippen LogP contribution < -0.4 is 0 Å². The van der Waals surface area contributed by atoms with Crippen LogP contribution in [0.3, 0.4) is 0 Å². The number of hydrogen-bond donors (Lipinski definition) is 2. The first-order valence-corrected chi connectivity index (χ1v) is 13.7. The molecule has 36 heavy (non-hydrogen) atoms. The number of hydrogen-bond acceptors (Lipinski definition) is 4. The maximum absolute atomic E-state index is 12.3. The highest BCUT2D eigenvalue weighted by Gasteiger charge is 2.62. The number of benzene rings is 1. The van der Waals surface area contributed by atoms with Crippen molar-refractivity contribution in [2.24, 2.45) is 17.3 Å². The first kappa shape index (κ1) is 23.8. The molecule has 4 aliphatic rings. The average molecular weight is 484 g/mol. The molecule has 4 nitrogen and oxygen atoms in total. The van der Waals surface area contributed by atoms with Gasteiger partial charge in [0.05, 0.1) is 5.60 Å². The van der Waals surface area contributed by atoms with Gasteiger partial charge in [0.25, 0.3) is 0 Å². The Morgan fingerprint density at radius 2 is 1.75 bits per heavy atom. The number of pyridine rings is 1. The molecule has 1 aromatic heterocycles. The number of carbonyl (C=O) groups is 1. The van der Waals surface area contributed by atoms with Gasteiger partial charge in [0.15, 0.2) is 5.78 Å². The number of rotatable bonds is 5. The highest BCUT2D eigenvalue weighted by molar-refractivity contribution is 5.93. The molecule has 0 amide bonds. The van der Waals surface area contributed by atoms with Crippen molar-refractivity contribution < 1.29 is 15.0 Å². The predicted octanol–water partition coefficient (Wildman–Crippen LogP) is 6.15.